The summed E-state index contributed by atoms with van der Waals surface area (Å²) in [6.45, 7) is 0.301. The van der Waals surface area contributed by atoms with Gasteiger partial charge in [0.15, 0.2) is 0 Å². The summed E-state index contributed by atoms with van der Waals surface area (Å²) in [6, 6.07) is 9.78. The number of hydrogen-bond acceptors (Lipinski definition) is 4. The maximum absolute atomic E-state index is 12.6. The number of fused-ring (bicyclic) bond motifs is 2. The number of hydrogen-bond donors (Lipinski definition) is 1. The summed E-state index contributed by atoms with van der Waals surface area (Å²) in [5.41, 5.74) is 2.00. The van der Waals surface area contributed by atoms with E-state index in [9.17, 15) is 18.0 Å². The number of carboxylic acids is 1. The Kier molecular flexibility index (Phi) is 4.56. The minimum absolute atomic E-state index is 0.00874. The smallest absolute Gasteiger partial charge is 0.492 e. The summed E-state index contributed by atoms with van der Waals surface area (Å²) in [4.78, 5) is 10.9. The lowest BCUT2D eigenvalue weighted by Crippen LogP contribution is -2.18. The van der Waals surface area contributed by atoms with Gasteiger partial charge in [0, 0.05) is 23.1 Å². The molecule has 0 amide bonds. The summed E-state index contributed by atoms with van der Waals surface area (Å²) in [5.74, 6) is -0.173. The van der Waals surface area contributed by atoms with Gasteiger partial charge in [-0.1, -0.05) is 18.2 Å². The highest BCUT2D eigenvalue weighted by molar-refractivity contribution is 5.68. The number of ether oxygens (including phenoxy) is 3. The van der Waals surface area contributed by atoms with Crippen LogP contribution in [0.2, 0.25) is 0 Å². The highest BCUT2D eigenvalue weighted by atomic mass is 19.4. The second-order valence-electron chi connectivity index (χ2n) is 6.82. The summed E-state index contributed by atoms with van der Waals surface area (Å²) in [5, 5.41) is 8.97. The van der Waals surface area contributed by atoms with Crippen LogP contribution in [0.4, 0.5) is 13.2 Å². The zero-order chi connectivity index (χ0) is 19.9. The van der Waals surface area contributed by atoms with Crippen molar-refractivity contribution in [1.82, 2.24) is 0 Å². The van der Waals surface area contributed by atoms with Crippen molar-refractivity contribution in [3.05, 3.63) is 53.1 Å². The SMILES string of the molecule is O=C(O)C[C@@H]1COc2cc(OC3CCc4c(OC(F)(F)F)cccc43)ccc21. The number of alkyl halides is 3. The molecule has 2 atom stereocenters. The van der Waals surface area contributed by atoms with Crippen molar-refractivity contribution in [3.63, 3.8) is 0 Å². The third-order valence-corrected chi connectivity index (χ3v) is 4.96. The van der Waals surface area contributed by atoms with Gasteiger partial charge in [-0.2, -0.15) is 0 Å². The number of halogens is 3. The molecule has 8 heteroatoms. The summed E-state index contributed by atoms with van der Waals surface area (Å²) >= 11 is 0. The maximum atomic E-state index is 12.6. The molecule has 2 aromatic carbocycles. The monoisotopic (exact) mass is 394 g/mol. The first kappa shape index (κ1) is 18.5. The van der Waals surface area contributed by atoms with Crippen molar-refractivity contribution in [2.75, 3.05) is 6.61 Å². The topological polar surface area (TPSA) is 65.0 Å². The molecule has 0 bridgehead atoms. The Morgan fingerprint density at radius 2 is 2.04 bits per heavy atom. The van der Waals surface area contributed by atoms with Crippen LogP contribution in [-0.2, 0) is 11.2 Å². The molecule has 1 aliphatic heterocycles. The van der Waals surface area contributed by atoms with Gasteiger partial charge in [-0.05, 0) is 30.5 Å². The normalized spacial score (nSPS) is 20.2. The van der Waals surface area contributed by atoms with Crippen LogP contribution in [0.15, 0.2) is 36.4 Å². The van der Waals surface area contributed by atoms with E-state index in [-0.39, 0.29) is 24.2 Å². The van der Waals surface area contributed by atoms with Crippen LogP contribution < -0.4 is 14.2 Å². The Hall–Kier alpha value is -2.90. The largest absolute Gasteiger partial charge is 0.573 e. The molecule has 1 unspecified atom stereocenters. The Morgan fingerprint density at radius 3 is 2.79 bits per heavy atom. The van der Waals surface area contributed by atoms with Gasteiger partial charge in [0.25, 0.3) is 0 Å². The van der Waals surface area contributed by atoms with Crippen molar-refractivity contribution in [2.45, 2.75) is 37.6 Å². The standard InChI is InChI=1S/C20H17F3O5/c21-20(22,23)28-17-3-1-2-14-15(17)6-7-16(14)27-12-4-5-13-11(8-19(24)25)10-26-18(13)9-12/h1-5,9,11,16H,6-8,10H2,(H,24,25)/t11-,16?/m1/s1. The molecular weight excluding hydrogens is 377 g/mol. The molecule has 1 heterocycles. The predicted octanol–water partition coefficient (Wildman–Crippen LogP) is 4.60. The van der Waals surface area contributed by atoms with E-state index in [2.05, 4.69) is 4.74 Å². The zero-order valence-corrected chi connectivity index (χ0v) is 14.7. The lowest BCUT2D eigenvalue weighted by atomic mass is 9.98. The summed E-state index contributed by atoms with van der Waals surface area (Å²) in [7, 11) is 0. The first-order chi connectivity index (χ1) is 13.3. The zero-order valence-electron chi connectivity index (χ0n) is 14.7. The van der Waals surface area contributed by atoms with Crippen LogP contribution in [0.25, 0.3) is 0 Å². The van der Waals surface area contributed by atoms with E-state index < -0.39 is 12.3 Å². The van der Waals surface area contributed by atoms with Gasteiger partial charge in [-0.25, -0.2) is 0 Å². The molecule has 4 rings (SSSR count). The second-order valence-corrected chi connectivity index (χ2v) is 6.82. The molecule has 5 nitrogen and oxygen atoms in total. The van der Waals surface area contributed by atoms with E-state index in [0.29, 0.717) is 42.1 Å². The molecule has 2 aliphatic rings. The van der Waals surface area contributed by atoms with Gasteiger partial charge in [-0.15, -0.1) is 13.2 Å². The highest BCUT2D eigenvalue weighted by Gasteiger charge is 2.35. The molecular formula is C20H17F3O5. The number of benzene rings is 2. The van der Waals surface area contributed by atoms with E-state index in [0.717, 1.165) is 5.56 Å². The third kappa shape index (κ3) is 3.72. The van der Waals surface area contributed by atoms with Gasteiger partial charge in [-0.3, -0.25) is 4.79 Å². The molecule has 0 fully saturated rings. The minimum Gasteiger partial charge on any atom is -0.492 e. The maximum Gasteiger partial charge on any atom is 0.573 e. The van der Waals surface area contributed by atoms with Crippen LogP contribution in [0.1, 0.15) is 41.6 Å². The fourth-order valence-electron chi connectivity index (χ4n) is 3.80. The predicted molar refractivity (Wildman–Crippen MR) is 91.7 cm³/mol. The van der Waals surface area contributed by atoms with Crippen LogP contribution >= 0.6 is 0 Å². The van der Waals surface area contributed by atoms with Gasteiger partial charge in [0.05, 0.1) is 13.0 Å². The average Bonchev–Trinajstić information content (AvgIpc) is 3.18. The molecule has 0 saturated carbocycles. The van der Waals surface area contributed by atoms with Crippen LogP contribution in [0.3, 0.4) is 0 Å². The Balaban J connectivity index is 1.52. The first-order valence-electron chi connectivity index (χ1n) is 8.83. The van der Waals surface area contributed by atoms with E-state index >= 15 is 0 Å². The number of carboxylic acid groups (broad SMARTS) is 1. The van der Waals surface area contributed by atoms with Crippen molar-refractivity contribution in [2.24, 2.45) is 0 Å². The molecule has 28 heavy (non-hydrogen) atoms. The Bertz CT molecular complexity index is 909. The molecule has 148 valence electrons. The minimum atomic E-state index is -4.74. The van der Waals surface area contributed by atoms with Crippen LogP contribution in [-0.4, -0.2) is 24.0 Å². The van der Waals surface area contributed by atoms with Gasteiger partial charge in [0.2, 0.25) is 0 Å². The van der Waals surface area contributed by atoms with Crippen molar-refractivity contribution < 1.29 is 37.3 Å². The first-order valence-corrected chi connectivity index (χ1v) is 8.83. The molecule has 1 aliphatic carbocycles. The summed E-state index contributed by atoms with van der Waals surface area (Å²) < 4.78 is 53.5. The lowest BCUT2D eigenvalue weighted by molar-refractivity contribution is -0.274. The summed E-state index contributed by atoms with van der Waals surface area (Å²) in [6.07, 6.45) is -4.18. The second kappa shape index (κ2) is 6.92. The fourth-order valence-corrected chi connectivity index (χ4v) is 3.80. The van der Waals surface area contributed by atoms with Crippen molar-refractivity contribution >= 4 is 5.97 Å². The Morgan fingerprint density at radius 1 is 1.21 bits per heavy atom. The molecule has 0 aromatic heterocycles. The van der Waals surface area contributed by atoms with Gasteiger partial charge < -0.3 is 19.3 Å². The van der Waals surface area contributed by atoms with E-state index in [1.54, 1.807) is 24.3 Å². The molecule has 0 saturated heterocycles. The lowest BCUT2D eigenvalue weighted by Gasteiger charge is -2.17. The number of rotatable bonds is 5. The van der Waals surface area contributed by atoms with E-state index in [4.69, 9.17) is 14.6 Å². The quantitative estimate of drug-likeness (QED) is 0.803. The molecule has 0 radical (unpaired) electrons. The fraction of sp³-hybridized carbons (Fsp3) is 0.350. The van der Waals surface area contributed by atoms with Crippen LogP contribution in [0.5, 0.6) is 17.2 Å². The van der Waals surface area contributed by atoms with E-state index in [1.807, 2.05) is 0 Å². The van der Waals surface area contributed by atoms with Crippen molar-refractivity contribution in [1.29, 1.82) is 0 Å². The Labute approximate surface area is 158 Å². The van der Waals surface area contributed by atoms with Crippen molar-refractivity contribution in [3.8, 4) is 17.2 Å². The highest BCUT2D eigenvalue weighted by Crippen LogP contribution is 2.43. The van der Waals surface area contributed by atoms with E-state index in [1.165, 1.54) is 12.1 Å². The molecule has 2 aromatic rings. The molecule has 0 spiro atoms. The number of carbonyl (C=O) groups is 1. The average molecular weight is 394 g/mol. The molecule has 1 N–H and O–H groups in total. The number of aliphatic carboxylic acids is 1. The third-order valence-electron chi connectivity index (χ3n) is 4.96. The van der Waals surface area contributed by atoms with Gasteiger partial charge in [0.1, 0.15) is 23.4 Å². The van der Waals surface area contributed by atoms with Crippen LogP contribution in [0, 0.1) is 0 Å². The van der Waals surface area contributed by atoms with Gasteiger partial charge >= 0.3 is 12.3 Å².